The molecule has 0 spiro atoms. The largest absolute Gasteiger partial charge is 0.300 e. The van der Waals surface area contributed by atoms with Gasteiger partial charge in [-0.15, -0.1) is 0 Å². The number of nitrogens with one attached hydrogen (secondary N) is 1. The molecule has 0 aromatic carbocycles. The molecule has 0 amide bonds. The zero-order chi connectivity index (χ0) is 10.9. The average Bonchev–Trinajstić information content (AvgIpc) is 2.66. The zero-order valence-electron chi connectivity index (χ0n) is 9.64. The van der Waals surface area contributed by atoms with Gasteiger partial charge in [0.05, 0.1) is 5.71 Å². The normalized spacial score (nSPS) is 27.2. The molecule has 1 fully saturated rings. The van der Waals surface area contributed by atoms with E-state index in [0.717, 1.165) is 5.57 Å². The highest BCUT2D eigenvalue weighted by atomic mass is 14.5. The van der Waals surface area contributed by atoms with Crippen LogP contribution in [0.3, 0.4) is 0 Å². The minimum Gasteiger partial charge on any atom is -0.300 e. The maximum absolute atomic E-state index is 7.93. The monoisotopic (exact) mass is 201 g/mol. The van der Waals surface area contributed by atoms with E-state index in [9.17, 15) is 0 Å². The summed E-state index contributed by atoms with van der Waals surface area (Å²) in [6.45, 7) is 4.39. The summed E-state index contributed by atoms with van der Waals surface area (Å²) in [5.74, 6) is 0. The Labute approximate surface area is 92.1 Å². The van der Waals surface area contributed by atoms with Crippen molar-refractivity contribution in [1.82, 2.24) is 0 Å². The van der Waals surface area contributed by atoms with E-state index in [-0.39, 0.29) is 0 Å². The molecule has 0 heterocycles. The Morgan fingerprint density at radius 2 is 2.00 bits per heavy atom. The molecule has 2 aliphatic carbocycles. The van der Waals surface area contributed by atoms with Gasteiger partial charge in [-0.25, -0.2) is 0 Å². The highest BCUT2D eigenvalue weighted by Gasteiger charge is 2.34. The third-order valence-corrected chi connectivity index (χ3v) is 3.75. The molecule has 0 aromatic heterocycles. The van der Waals surface area contributed by atoms with Gasteiger partial charge in [-0.1, -0.05) is 38.0 Å². The van der Waals surface area contributed by atoms with Crippen LogP contribution >= 0.6 is 0 Å². The lowest BCUT2D eigenvalue weighted by Crippen LogP contribution is -2.20. The predicted octanol–water partition coefficient (Wildman–Crippen LogP) is 4.03. The van der Waals surface area contributed by atoms with E-state index in [2.05, 4.69) is 19.1 Å². The molecule has 0 atom stereocenters. The van der Waals surface area contributed by atoms with Gasteiger partial charge in [-0.2, -0.15) is 0 Å². The molecule has 1 nitrogen and oxygen atoms in total. The third-order valence-electron chi connectivity index (χ3n) is 3.75. The van der Waals surface area contributed by atoms with Gasteiger partial charge in [-0.05, 0) is 42.4 Å². The van der Waals surface area contributed by atoms with Crippen molar-refractivity contribution in [3.05, 3.63) is 35.5 Å². The van der Waals surface area contributed by atoms with Crippen LogP contribution in [-0.2, 0) is 0 Å². The number of hydrogen-bond donors (Lipinski definition) is 1. The Hall–Kier alpha value is -1.11. The first-order chi connectivity index (χ1) is 7.17. The Bertz CT molecular complexity index is 363. The summed E-state index contributed by atoms with van der Waals surface area (Å²) >= 11 is 0. The van der Waals surface area contributed by atoms with Crippen LogP contribution in [0.2, 0.25) is 0 Å². The zero-order valence-corrected chi connectivity index (χ0v) is 9.64. The van der Waals surface area contributed by atoms with Gasteiger partial charge in [-0.3, -0.25) is 0 Å². The van der Waals surface area contributed by atoms with Crippen molar-refractivity contribution in [3.63, 3.8) is 0 Å². The first-order valence-corrected chi connectivity index (χ1v) is 5.82. The Balaban J connectivity index is 2.39. The average molecular weight is 201 g/mol. The smallest absolute Gasteiger partial charge is 0.0611 e. The van der Waals surface area contributed by atoms with E-state index in [4.69, 9.17) is 5.41 Å². The molecule has 1 heteroatoms. The molecule has 2 aliphatic rings. The molecule has 0 radical (unpaired) electrons. The van der Waals surface area contributed by atoms with Gasteiger partial charge >= 0.3 is 0 Å². The standard InChI is InChI=1S/C14H19N/c1-3-11-12(7-6-8-13(11)15)14(2)9-4-5-10-14/h3,6-8,15H,4-5,9-10H2,1-2H3. The SMILES string of the molecule is CC=C1C(=N)C=CC=C1C1(C)CCCC1. The fourth-order valence-electron chi connectivity index (χ4n) is 2.83. The second-order valence-corrected chi connectivity index (χ2v) is 4.82. The lowest BCUT2D eigenvalue weighted by atomic mass is 9.74. The summed E-state index contributed by atoms with van der Waals surface area (Å²) in [5, 5.41) is 7.93. The van der Waals surface area contributed by atoms with Crippen LogP contribution in [0.4, 0.5) is 0 Å². The Morgan fingerprint density at radius 1 is 1.33 bits per heavy atom. The minimum absolute atomic E-state index is 0.318. The van der Waals surface area contributed by atoms with Crippen molar-refractivity contribution >= 4 is 5.71 Å². The molecule has 80 valence electrons. The molecule has 1 saturated carbocycles. The summed E-state index contributed by atoms with van der Waals surface area (Å²) in [4.78, 5) is 0. The maximum atomic E-state index is 7.93. The lowest BCUT2D eigenvalue weighted by Gasteiger charge is -2.30. The molecule has 15 heavy (non-hydrogen) atoms. The van der Waals surface area contributed by atoms with Gasteiger partial charge in [0.25, 0.3) is 0 Å². The topological polar surface area (TPSA) is 23.9 Å². The second-order valence-electron chi connectivity index (χ2n) is 4.82. The van der Waals surface area contributed by atoms with Crippen LogP contribution < -0.4 is 0 Å². The second kappa shape index (κ2) is 3.80. The molecule has 0 aromatic rings. The molecule has 0 bridgehead atoms. The van der Waals surface area contributed by atoms with E-state index < -0.39 is 0 Å². The summed E-state index contributed by atoms with van der Waals surface area (Å²) in [7, 11) is 0. The Morgan fingerprint density at radius 3 is 2.60 bits per heavy atom. The summed E-state index contributed by atoms with van der Waals surface area (Å²) in [5.41, 5.74) is 3.51. The fraction of sp³-hybridized carbons (Fsp3) is 0.500. The molecule has 0 aliphatic heterocycles. The van der Waals surface area contributed by atoms with E-state index in [1.54, 1.807) is 0 Å². The van der Waals surface area contributed by atoms with Gasteiger partial charge < -0.3 is 5.41 Å². The minimum atomic E-state index is 0.318. The van der Waals surface area contributed by atoms with Crippen LogP contribution in [-0.4, -0.2) is 5.71 Å². The van der Waals surface area contributed by atoms with Crippen LogP contribution in [0.1, 0.15) is 39.5 Å². The maximum Gasteiger partial charge on any atom is 0.0611 e. The molecular weight excluding hydrogens is 182 g/mol. The van der Waals surface area contributed by atoms with Crippen LogP contribution in [0.5, 0.6) is 0 Å². The number of allylic oxidation sites excluding steroid dienone is 6. The molecule has 0 unspecified atom stereocenters. The number of hydrogen-bond acceptors (Lipinski definition) is 1. The molecule has 2 rings (SSSR count). The Kier molecular flexibility index (Phi) is 2.64. The van der Waals surface area contributed by atoms with Crippen molar-refractivity contribution in [1.29, 1.82) is 5.41 Å². The van der Waals surface area contributed by atoms with Gasteiger partial charge in [0.1, 0.15) is 0 Å². The summed E-state index contributed by atoms with van der Waals surface area (Å²) in [6, 6.07) is 0. The van der Waals surface area contributed by atoms with Crippen molar-refractivity contribution in [2.75, 3.05) is 0 Å². The van der Waals surface area contributed by atoms with Crippen molar-refractivity contribution in [2.24, 2.45) is 5.41 Å². The van der Waals surface area contributed by atoms with Gasteiger partial charge in [0.2, 0.25) is 0 Å². The highest BCUT2D eigenvalue weighted by molar-refractivity contribution is 6.10. The summed E-state index contributed by atoms with van der Waals surface area (Å²) in [6.07, 6.45) is 13.4. The highest BCUT2D eigenvalue weighted by Crippen LogP contribution is 2.47. The van der Waals surface area contributed by atoms with Gasteiger partial charge in [0.15, 0.2) is 0 Å². The first kappa shape index (κ1) is 10.4. The van der Waals surface area contributed by atoms with Crippen molar-refractivity contribution in [3.8, 4) is 0 Å². The van der Waals surface area contributed by atoms with Crippen LogP contribution in [0, 0.1) is 10.8 Å². The van der Waals surface area contributed by atoms with Gasteiger partial charge in [0, 0.05) is 0 Å². The molecule has 0 saturated heterocycles. The van der Waals surface area contributed by atoms with E-state index >= 15 is 0 Å². The van der Waals surface area contributed by atoms with E-state index in [0.29, 0.717) is 11.1 Å². The van der Waals surface area contributed by atoms with E-state index in [1.807, 2.05) is 19.1 Å². The van der Waals surface area contributed by atoms with Crippen molar-refractivity contribution in [2.45, 2.75) is 39.5 Å². The molecule has 1 N–H and O–H groups in total. The predicted molar refractivity (Wildman–Crippen MR) is 65.3 cm³/mol. The first-order valence-electron chi connectivity index (χ1n) is 5.82. The van der Waals surface area contributed by atoms with Crippen LogP contribution in [0.15, 0.2) is 35.5 Å². The number of rotatable bonds is 1. The summed E-state index contributed by atoms with van der Waals surface area (Å²) < 4.78 is 0. The lowest BCUT2D eigenvalue weighted by molar-refractivity contribution is 0.421. The fourth-order valence-corrected chi connectivity index (χ4v) is 2.83. The molecular formula is C14H19N. The van der Waals surface area contributed by atoms with E-state index in [1.165, 1.54) is 31.3 Å². The van der Waals surface area contributed by atoms with Crippen LogP contribution in [0.25, 0.3) is 0 Å². The third kappa shape index (κ3) is 1.71. The van der Waals surface area contributed by atoms with Crippen molar-refractivity contribution < 1.29 is 0 Å². The quantitative estimate of drug-likeness (QED) is 0.662.